The Hall–Kier alpha value is -2.70. The van der Waals surface area contributed by atoms with Gasteiger partial charge in [0.2, 0.25) is 0 Å². The van der Waals surface area contributed by atoms with Gasteiger partial charge in [-0.3, -0.25) is 0 Å². The molecule has 3 nitrogen and oxygen atoms in total. The van der Waals surface area contributed by atoms with Crippen LogP contribution in [-0.4, -0.2) is 13.2 Å². The summed E-state index contributed by atoms with van der Waals surface area (Å²) >= 11 is 5.89. The van der Waals surface area contributed by atoms with Gasteiger partial charge >= 0.3 is 0 Å². The molecule has 0 saturated heterocycles. The van der Waals surface area contributed by atoms with Crippen LogP contribution in [0.15, 0.2) is 55.1 Å². The molecule has 0 bridgehead atoms. The van der Waals surface area contributed by atoms with Crippen molar-refractivity contribution in [2.24, 2.45) is 0 Å². The molecule has 0 aliphatic heterocycles. The summed E-state index contributed by atoms with van der Waals surface area (Å²) in [6.45, 7) is 6.48. The monoisotopic (exact) mass is 339 g/mol. The minimum absolute atomic E-state index is 0.406. The summed E-state index contributed by atoms with van der Waals surface area (Å²) in [6.07, 6.45) is 3.49. The van der Waals surface area contributed by atoms with E-state index >= 15 is 0 Å². The maximum Gasteiger partial charge on any atom is 0.161 e. The molecule has 122 valence electrons. The van der Waals surface area contributed by atoms with Crippen LogP contribution in [0.25, 0.3) is 11.6 Å². The first-order valence-electron chi connectivity index (χ1n) is 7.56. The van der Waals surface area contributed by atoms with Crippen LogP contribution >= 0.6 is 11.6 Å². The standard InChI is InChI=1S/C20H18ClNO2/c1-3-11-24-19-10-5-15(13-20(19)23-4-2)12-17(14-22)16-6-8-18(21)9-7-16/h3,5-10,12-13H,1,4,11H2,2H3/b17-12-. The van der Waals surface area contributed by atoms with Crippen LogP contribution in [0, 0.1) is 11.3 Å². The van der Waals surface area contributed by atoms with Gasteiger partial charge in [-0.15, -0.1) is 0 Å². The average Bonchev–Trinajstić information content (AvgIpc) is 2.60. The number of allylic oxidation sites excluding steroid dienone is 1. The molecule has 2 aromatic carbocycles. The molecule has 0 atom stereocenters. The molecule has 0 heterocycles. The molecule has 0 N–H and O–H groups in total. The summed E-state index contributed by atoms with van der Waals surface area (Å²) in [5.41, 5.74) is 2.22. The number of rotatable bonds is 7. The zero-order chi connectivity index (χ0) is 17.4. The number of benzene rings is 2. The van der Waals surface area contributed by atoms with E-state index in [-0.39, 0.29) is 0 Å². The van der Waals surface area contributed by atoms with E-state index in [1.807, 2.05) is 43.3 Å². The second kappa shape index (κ2) is 8.81. The van der Waals surface area contributed by atoms with Crippen LogP contribution < -0.4 is 9.47 Å². The van der Waals surface area contributed by atoms with E-state index in [2.05, 4.69) is 12.6 Å². The second-order valence-corrected chi connectivity index (χ2v) is 5.35. The van der Waals surface area contributed by atoms with Crippen molar-refractivity contribution in [3.63, 3.8) is 0 Å². The first kappa shape index (κ1) is 17.7. The van der Waals surface area contributed by atoms with Crippen LogP contribution in [0.2, 0.25) is 5.02 Å². The van der Waals surface area contributed by atoms with E-state index in [4.69, 9.17) is 21.1 Å². The molecule has 4 heteroatoms. The number of hydrogen-bond acceptors (Lipinski definition) is 3. The van der Waals surface area contributed by atoms with Crippen LogP contribution in [0.3, 0.4) is 0 Å². The number of halogens is 1. The maximum absolute atomic E-state index is 9.44. The Labute approximate surface area is 147 Å². The van der Waals surface area contributed by atoms with E-state index < -0.39 is 0 Å². The van der Waals surface area contributed by atoms with Crippen molar-refractivity contribution >= 4 is 23.3 Å². The lowest BCUT2D eigenvalue weighted by atomic mass is 10.0. The summed E-state index contributed by atoms with van der Waals surface area (Å²) < 4.78 is 11.2. The molecule has 0 aromatic heterocycles. The number of nitriles is 1. The molecular formula is C20H18ClNO2. The molecule has 0 saturated carbocycles. The van der Waals surface area contributed by atoms with Gasteiger partial charge in [-0.1, -0.05) is 42.5 Å². The Kier molecular flexibility index (Phi) is 6.48. The molecule has 2 aromatic rings. The quantitative estimate of drug-likeness (QED) is 0.387. The van der Waals surface area contributed by atoms with Crippen molar-refractivity contribution in [2.45, 2.75) is 6.92 Å². The van der Waals surface area contributed by atoms with Gasteiger partial charge in [0, 0.05) is 5.02 Å². The smallest absolute Gasteiger partial charge is 0.161 e. The third kappa shape index (κ3) is 4.65. The third-order valence-electron chi connectivity index (χ3n) is 3.21. The molecule has 0 fully saturated rings. The van der Waals surface area contributed by atoms with E-state index in [0.717, 1.165) is 11.1 Å². The van der Waals surface area contributed by atoms with Crippen LogP contribution in [-0.2, 0) is 0 Å². The minimum atomic E-state index is 0.406. The van der Waals surface area contributed by atoms with Crippen LogP contribution in [0.1, 0.15) is 18.1 Å². The van der Waals surface area contributed by atoms with E-state index in [0.29, 0.717) is 35.3 Å². The zero-order valence-corrected chi connectivity index (χ0v) is 14.2. The highest BCUT2D eigenvalue weighted by Gasteiger charge is 2.07. The molecule has 24 heavy (non-hydrogen) atoms. The fourth-order valence-electron chi connectivity index (χ4n) is 2.13. The van der Waals surface area contributed by atoms with Crippen molar-refractivity contribution in [3.05, 3.63) is 71.3 Å². The van der Waals surface area contributed by atoms with Crippen LogP contribution in [0.4, 0.5) is 0 Å². The minimum Gasteiger partial charge on any atom is -0.490 e. The molecular weight excluding hydrogens is 322 g/mol. The SMILES string of the molecule is C=CCOc1ccc(/C=C(/C#N)c2ccc(Cl)cc2)cc1OCC. The van der Waals surface area contributed by atoms with Crippen molar-refractivity contribution in [3.8, 4) is 17.6 Å². The fourth-order valence-corrected chi connectivity index (χ4v) is 2.25. The molecule has 0 radical (unpaired) electrons. The van der Waals surface area contributed by atoms with Crippen LogP contribution in [0.5, 0.6) is 11.5 Å². The van der Waals surface area contributed by atoms with Gasteiger partial charge < -0.3 is 9.47 Å². The Morgan fingerprint density at radius 2 is 1.92 bits per heavy atom. The summed E-state index contributed by atoms with van der Waals surface area (Å²) in [4.78, 5) is 0. The number of ether oxygens (including phenoxy) is 2. The Balaban J connectivity index is 2.35. The van der Waals surface area contributed by atoms with Gasteiger partial charge in [-0.2, -0.15) is 5.26 Å². The largest absolute Gasteiger partial charge is 0.490 e. The van der Waals surface area contributed by atoms with E-state index in [9.17, 15) is 5.26 Å². The molecule has 0 spiro atoms. The lowest BCUT2D eigenvalue weighted by Gasteiger charge is -2.11. The van der Waals surface area contributed by atoms with E-state index in [1.54, 1.807) is 18.2 Å². The zero-order valence-electron chi connectivity index (χ0n) is 13.5. The lowest BCUT2D eigenvalue weighted by Crippen LogP contribution is -1.99. The molecule has 0 aliphatic carbocycles. The summed E-state index contributed by atoms with van der Waals surface area (Å²) in [5, 5.41) is 10.1. The Morgan fingerprint density at radius 3 is 2.54 bits per heavy atom. The summed E-state index contributed by atoms with van der Waals surface area (Å²) in [7, 11) is 0. The molecule has 2 rings (SSSR count). The van der Waals surface area contributed by atoms with Crippen molar-refractivity contribution in [2.75, 3.05) is 13.2 Å². The highest BCUT2D eigenvalue weighted by Crippen LogP contribution is 2.30. The van der Waals surface area contributed by atoms with Gasteiger partial charge in [0.25, 0.3) is 0 Å². The van der Waals surface area contributed by atoms with E-state index in [1.165, 1.54) is 0 Å². The first-order chi connectivity index (χ1) is 11.7. The van der Waals surface area contributed by atoms with Gasteiger partial charge in [0.15, 0.2) is 11.5 Å². The second-order valence-electron chi connectivity index (χ2n) is 4.92. The third-order valence-corrected chi connectivity index (χ3v) is 3.46. The van der Waals surface area contributed by atoms with Gasteiger partial charge in [-0.05, 0) is 48.4 Å². The fraction of sp³-hybridized carbons (Fsp3) is 0.150. The normalized spacial score (nSPS) is 10.8. The predicted octanol–water partition coefficient (Wildman–Crippen LogP) is 5.37. The molecule has 0 amide bonds. The summed E-state index contributed by atoms with van der Waals surface area (Å²) in [5.74, 6) is 1.29. The average molecular weight is 340 g/mol. The van der Waals surface area contributed by atoms with Crippen molar-refractivity contribution in [1.82, 2.24) is 0 Å². The van der Waals surface area contributed by atoms with Gasteiger partial charge in [0.1, 0.15) is 6.61 Å². The first-order valence-corrected chi connectivity index (χ1v) is 7.94. The number of hydrogen-bond donors (Lipinski definition) is 0. The predicted molar refractivity (Wildman–Crippen MR) is 98.2 cm³/mol. The van der Waals surface area contributed by atoms with Gasteiger partial charge in [0.05, 0.1) is 18.2 Å². The van der Waals surface area contributed by atoms with Gasteiger partial charge in [-0.25, -0.2) is 0 Å². The molecule has 0 aliphatic rings. The Morgan fingerprint density at radius 1 is 1.17 bits per heavy atom. The van der Waals surface area contributed by atoms with Crippen molar-refractivity contribution < 1.29 is 9.47 Å². The van der Waals surface area contributed by atoms with Crippen molar-refractivity contribution in [1.29, 1.82) is 5.26 Å². The topological polar surface area (TPSA) is 42.2 Å². The Bertz CT molecular complexity index is 773. The molecule has 0 unspecified atom stereocenters. The summed E-state index contributed by atoms with van der Waals surface area (Å²) in [6, 6.07) is 15.0. The highest BCUT2D eigenvalue weighted by atomic mass is 35.5. The highest BCUT2D eigenvalue weighted by molar-refractivity contribution is 6.30. The lowest BCUT2D eigenvalue weighted by molar-refractivity contribution is 0.297. The number of nitrogens with zero attached hydrogens (tertiary/aromatic N) is 1. The maximum atomic E-state index is 9.44.